The summed E-state index contributed by atoms with van der Waals surface area (Å²) in [6, 6.07) is 10.9. The monoisotopic (exact) mass is 920 g/mol. The van der Waals surface area contributed by atoms with Crippen LogP contribution in [0.15, 0.2) is 57.8 Å². The Kier molecular flexibility index (Phi) is 23.5. The van der Waals surface area contributed by atoms with Gasteiger partial charge in [-0.25, -0.2) is 18.2 Å². The lowest BCUT2D eigenvalue weighted by Crippen LogP contribution is -2.49. The molecule has 1 aromatic heterocycles. The number of aldehydes is 1. The Labute approximate surface area is 375 Å². The van der Waals surface area contributed by atoms with Gasteiger partial charge in [-0.05, 0) is 68.9 Å². The molecular weight excluding hydrogens is 857 g/mol. The van der Waals surface area contributed by atoms with Crippen molar-refractivity contribution in [2.45, 2.75) is 97.7 Å². The molecule has 4 atom stereocenters. The van der Waals surface area contributed by atoms with Gasteiger partial charge in [-0.1, -0.05) is 46.8 Å². The van der Waals surface area contributed by atoms with E-state index >= 15 is 0 Å². The third-order valence-corrected chi connectivity index (χ3v) is 11.6. The van der Waals surface area contributed by atoms with Crippen molar-refractivity contribution in [1.29, 1.82) is 0 Å². The molecule has 0 saturated carbocycles. The Morgan fingerprint density at radius 2 is 1.83 bits per heavy atom. The van der Waals surface area contributed by atoms with Crippen molar-refractivity contribution < 1.29 is 56.0 Å². The number of nitrogens with one attached hydrogen (secondary N) is 2. The number of hydrogen-bond donors (Lipinski definition) is 3. The van der Waals surface area contributed by atoms with Gasteiger partial charge in [-0.3, -0.25) is 10.2 Å². The molecule has 2 aliphatic rings. The maximum atomic E-state index is 14.0. The number of fused-ring (bicyclic) bond motifs is 1. The molecule has 5 rings (SSSR count). The second kappa shape index (κ2) is 28.2. The number of nitrogens with two attached hydrogens (primary N) is 1. The van der Waals surface area contributed by atoms with Crippen molar-refractivity contribution in [3.8, 4) is 17.2 Å². The van der Waals surface area contributed by atoms with Gasteiger partial charge in [0.15, 0.2) is 17.8 Å². The molecular formula is C43H64N6O12S2. The number of aryl methyl sites for hydroxylation is 1. The predicted molar refractivity (Wildman–Crippen MR) is 238 cm³/mol. The molecule has 1 fully saturated rings. The smallest absolute Gasteiger partial charge is 0.332 e. The molecule has 350 valence electrons. The lowest BCUT2D eigenvalue weighted by atomic mass is 10.0. The third-order valence-electron chi connectivity index (χ3n) is 8.91. The largest absolute Gasteiger partial charge is 0.487 e. The number of rotatable bonds is 24. The van der Waals surface area contributed by atoms with E-state index in [1.165, 1.54) is 16.4 Å². The fraction of sp³-hybridized carbons (Fsp3) is 0.558. The molecule has 0 spiro atoms. The van der Waals surface area contributed by atoms with Crippen LogP contribution in [0.25, 0.3) is 0 Å². The number of carbonyl (C=O) groups excluding carboxylic acids is 3. The lowest BCUT2D eigenvalue weighted by molar-refractivity contribution is -0.156. The third kappa shape index (κ3) is 18.1. The molecule has 3 unspecified atom stereocenters. The number of thiazole rings is 1. The van der Waals surface area contributed by atoms with E-state index in [-0.39, 0.29) is 56.0 Å². The van der Waals surface area contributed by atoms with Crippen molar-refractivity contribution >= 4 is 45.7 Å². The number of nitrogens with zero attached hydrogens (tertiary/aromatic N) is 3. The number of hydrogen-bond acceptors (Lipinski definition) is 17. The Morgan fingerprint density at radius 3 is 2.49 bits per heavy atom. The SMILES string of the molecule is CC.CC/C=N\NCNC(=O)COCC(=O)OC(CN(CC(C)C)S(=O)(=O)c1ccc2c(c1)OCO2)[C@@H](N)Cc1ccc(OCc2csc(C)n2)cc1.CCOC1OCCC1C=O. The minimum atomic E-state index is -4.10. The van der Waals surface area contributed by atoms with E-state index < -0.39 is 47.3 Å². The second-order valence-corrected chi connectivity index (χ2v) is 17.3. The maximum Gasteiger partial charge on any atom is 0.332 e. The number of sulfonamides is 1. The molecule has 18 nitrogen and oxygen atoms in total. The number of benzene rings is 2. The summed E-state index contributed by atoms with van der Waals surface area (Å²) in [5.74, 6) is 0.0145. The van der Waals surface area contributed by atoms with Gasteiger partial charge in [-0.2, -0.15) is 9.41 Å². The summed E-state index contributed by atoms with van der Waals surface area (Å²) in [6.07, 6.45) is 3.00. The van der Waals surface area contributed by atoms with Crippen LogP contribution < -0.4 is 30.7 Å². The van der Waals surface area contributed by atoms with Gasteiger partial charge in [0.1, 0.15) is 44.6 Å². The highest BCUT2D eigenvalue weighted by Gasteiger charge is 2.34. The van der Waals surface area contributed by atoms with Crippen LogP contribution in [-0.4, -0.2) is 113 Å². The predicted octanol–water partition coefficient (Wildman–Crippen LogP) is 4.57. The summed E-state index contributed by atoms with van der Waals surface area (Å²) in [5, 5.41) is 9.34. The molecule has 3 heterocycles. The van der Waals surface area contributed by atoms with E-state index in [9.17, 15) is 22.8 Å². The fourth-order valence-electron chi connectivity index (χ4n) is 5.95. The van der Waals surface area contributed by atoms with Crippen molar-refractivity contribution in [3.63, 3.8) is 0 Å². The standard InChI is InChI=1S/C34H46N6O9S2.C7H12O3.C2H6/c1-5-12-37-38-21-36-33(41)18-45-19-34(42)49-32(29(35)13-25-6-8-27(9-7-25)46-17-26-20-50-24(4)39-26)16-40(15-23(2)3)51(43,44)28-10-11-30-31(14-28)48-22-47-30;1-2-9-7-6(5-8)3-4-10-7;1-2/h6-12,14,20,23,29,32,38H,5,13,15-19,21-22,35H2,1-4H3,(H,36,41);5-7H,2-4H2,1H3;1-2H3/b37-12-;;/t29-,32?;;/m0../s1. The zero-order chi connectivity index (χ0) is 46.2. The van der Waals surface area contributed by atoms with Crippen molar-refractivity contribution in [1.82, 2.24) is 20.0 Å². The van der Waals surface area contributed by atoms with E-state index in [0.717, 1.165) is 35.4 Å². The van der Waals surface area contributed by atoms with Crippen LogP contribution in [-0.2, 0) is 56.4 Å². The Bertz CT molecular complexity index is 1970. The minimum absolute atomic E-state index is 0.00123. The molecule has 0 radical (unpaired) electrons. The lowest BCUT2D eigenvalue weighted by Gasteiger charge is -2.31. The second-order valence-electron chi connectivity index (χ2n) is 14.3. The summed E-state index contributed by atoms with van der Waals surface area (Å²) >= 11 is 1.55. The number of aromatic nitrogens is 1. The number of amides is 1. The van der Waals surface area contributed by atoms with Crippen molar-refractivity contribution in [2.24, 2.45) is 22.7 Å². The van der Waals surface area contributed by atoms with Crippen molar-refractivity contribution in [3.05, 3.63) is 64.1 Å². The van der Waals surface area contributed by atoms with E-state index in [0.29, 0.717) is 37.1 Å². The molecule has 0 aliphatic carbocycles. The van der Waals surface area contributed by atoms with Crippen LogP contribution in [0.3, 0.4) is 0 Å². The summed E-state index contributed by atoms with van der Waals surface area (Å²) in [4.78, 5) is 39.9. The normalized spacial score (nSPS) is 16.4. The first-order chi connectivity index (χ1) is 30.3. The van der Waals surface area contributed by atoms with Gasteiger partial charge in [0.2, 0.25) is 22.7 Å². The van der Waals surface area contributed by atoms with Gasteiger partial charge in [0.05, 0.1) is 34.7 Å². The Hall–Kier alpha value is -4.70. The average Bonchev–Trinajstić information content (AvgIpc) is 4.05. The molecule has 2 aliphatic heterocycles. The van der Waals surface area contributed by atoms with Crippen LogP contribution in [0.1, 0.15) is 70.6 Å². The zero-order valence-corrected chi connectivity index (χ0v) is 38.9. The highest BCUT2D eigenvalue weighted by Crippen LogP contribution is 2.35. The van der Waals surface area contributed by atoms with E-state index in [1.807, 2.05) is 78.1 Å². The highest BCUT2D eigenvalue weighted by molar-refractivity contribution is 7.89. The van der Waals surface area contributed by atoms with E-state index in [4.69, 9.17) is 38.9 Å². The first kappa shape index (κ1) is 52.6. The van der Waals surface area contributed by atoms with Gasteiger partial charge >= 0.3 is 5.97 Å². The van der Waals surface area contributed by atoms with Gasteiger partial charge in [0, 0.05) is 36.9 Å². The number of carbonyl (C=O) groups is 3. The molecule has 4 N–H and O–H groups in total. The molecule has 3 aromatic rings. The summed E-state index contributed by atoms with van der Waals surface area (Å²) < 4.78 is 67.3. The van der Waals surface area contributed by atoms with Crippen LogP contribution in [0.5, 0.6) is 17.2 Å². The Morgan fingerprint density at radius 1 is 1.08 bits per heavy atom. The van der Waals surface area contributed by atoms with E-state index in [1.54, 1.807) is 23.6 Å². The first-order valence-corrected chi connectivity index (χ1v) is 23.4. The minimum Gasteiger partial charge on any atom is -0.487 e. The molecule has 1 amide bonds. The van der Waals surface area contributed by atoms with Crippen LogP contribution in [0.2, 0.25) is 0 Å². The van der Waals surface area contributed by atoms with Gasteiger partial charge < -0.3 is 49.0 Å². The maximum absolute atomic E-state index is 14.0. The van der Waals surface area contributed by atoms with Crippen LogP contribution in [0.4, 0.5) is 0 Å². The van der Waals surface area contributed by atoms with Crippen LogP contribution >= 0.6 is 11.3 Å². The quantitative estimate of drug-likeness (QED) is 0.0279. The van der Waals surface area contributed by atoms with Crippen LogP contribution in [0, 0.1) is 18.8 Å². The molecule has 2 aromatic carbocycles. The molecule has 20 heteroatoms. The summed E-state index contributed by atoms with van der Waals surface area (Å²) in [7, 11) is -4.10. The molecule has 63 heavy (non-hydrogen) atoms. The Balaban J connectivity index is 0.000000765. The van der Waals surface area contributed by atoms with Crippen molar-refractivity contribution in [2.75, 3.05) is 53.0 Å². The topological polar surface area (TPSA) is 229 Å². The number of ether oxygens (including phenoxy) is 7. The summed E-state index contributed by atoms with van der Waals surface area (Å²) in [6.45, 7) is 14.1. The van der Waals surface area contributed by atoms with Gasteiger partial charge in [0.25, 0.3) is 0 Å². The molecule has 1 saturated heterocycles. The van der Waals surface area contributed by atoms with E-state index in [2.05, 4.69) is 20.8 Å². The number of esters is 1. The first-order valence-electron chi connectivity index (χ1n) is 21.1. The highest BCUT2D eigenvalue weighted by atomic mass is 32.2. The zero-order valence-electron chi connectivity index (χ0n) is 37.3. The molecule has 0 bridgehead atoms. The summed E-state index contributed by atoms with van der Waals surface area (Å²) in [5.41, 5.74) is 11.0. The van der Waals surface area contributed by atoms with Gasteiger partial charge in [-0.15, -0.1) is 11.3 Å². The fourth-order valence-corrected chi connectivity index (χ4v) is 8.18. The average molecular weight is 921 g/mol. The number of hydrazone groups is 1.